The molecule has 2 amide bonds. The van der Waals surface area contributed by atoms with Gasteiger partial charge in [0.25, 0.3) is 0 Å². The summed E-state index contributed by atoms with van der Waals surface area (Å²) in [6, 6.07) is 0.203. The summed E-state index contributed by atoms with van der Waals surface area (Å²) in [5.41, 5.74) is 0. The smallest absolute Gasteiger partial charge is 0.309 e. The van der Waals surface area contributed by atoms with Gasteiger partial charge in [0, 0.05) is 19.0 Å². The van der Waals surface area contributed by atoms with Crippen LogP contribution in [0.3, 0.4) is 0 Å². The van der Waals surface area contributed by atoms with Crippen LogP contribution in [0.4, 0.5) is 0 Å². The monoisotopic (exact) mass is 406 g/mol. The van der Waals surface area contributed by atoms with E-state index in [1.165, 1.54) is 0 Å². The van der Waals surface area contributed by atoms with Gasteiger partial charge in [0.2, 0.25) is 0 Å². The molecule has 2 heterocycles. The lowest BCUT2D eigenvalue weighted by atomic mass is 9.75. The quantitative estimate of drug-likeness (QED) is 0.262. The van der Waals surface area contributed by atoms with Crippen LogP contribution in [-0.4, -0.2) is 47.7 Å². The Kier molecular flexibility index (Phi) is 8.09. The number of carboxylic acid groups (broad SMARTS) is 1. The Morgan fingerprint density at radius 2 is 1.69 bits per heavy atom. The zero-order chi connectivity index (χ0) is 20.6. The summed E-state index contributed by atoms with van der Waals surface area (Å²) in [6.45, 7) is 0.534. The van der Waals surface area contributed by atoms with Gasteiger partial charge < -0.3 is 20.5 Å². The number of aliphatic carboxylic acids is 1. The van der Waals surface area contributed by atoms with Gasteiger partial charge in [-0.2, -0.15) is 0 Å². The third kappa shape index (κ3) is 6.84. The molecule has 2 aliphatic heterocycles. The normalized spacial score (nSPS) is 28.0. The van der Waals surface area contributed by atoms with Crippen molar-refractivity contribution in [3.63, 3.8) is 0 Å². The minimum absolute atomic E-state index is 0.203. The summed E-state index contributed by atoms with van der Waals surface area (Å²) < 4.78 is 6.14. The van der Waals surface area contributed by atoms with Gasteiger partial charge in [0.15, 0.2) is 0 Å². The van der Waals surface area contributed by atoms with Crippen LogP contribution in [0.15, 0.2) is 12.2 Å². The zero-order valence-corrected chi connectivity index (χ0v) is 17.1. The minimum atomic E-state index is -0.736. The molecule has 7 heteroatoms. The fraction of sp³-hybridized carbons (Fsp3) is 0.773. The van der Waals surface area contributed by atoms with Gasteiger partial charge in [0.05, 0.1) is 12.2 Å². The number of hydrogen-bond donors (Lipinski definition) is 3. The summed E-state index contributed by atoms with van der Waals surface area (Å²) in [5, 5.41) is 14.1. The number of ether oxygens (including phenoxy) is 1. The second kappa shape index (κ2) is 10.8. The van der Waals surface area contributed by atoms with E-state index in [4.69, 9.17) is 9.84 Å². The van der Waals surface area contributed by atoms with Gasteiger partial charge in [-0.3, -0.25) is 14.4 Å². The Labute approximate surface area is 172 Å². The molecule has 29 heavy (non-hydrogen) atoms. The van der Waals surface area contributed by atoms with Crippen molar-refractivity contribution in [3.8, 4) is 0 Å². The third-order valence-electron chi connectivity index (χ3n) is 6.30. The Hall–Kier alpha value is -1.89. The van der Waals surface area contributed by atoms with E-state index in [0.717, 1.165) is 57.8 Å². The summed E-state index contributed by atoms with van der Waals surface area (Å²) in [7, 11) is 0. The highest BCUT2D eigenvalue weighted by atomic mass is 16.5. The number of carbonyl (C=O) groups excluding carboxylic acids is 2. The number of unbranched alkanes of at least 4 members (excludes halogenated alkanes) is 2. The second-order valence-electron chi connectivity index (χ2n) is 8.61. The molecule has 2 saturated heterocycles. The van der Waals surface area contributed by atoms with E-state index in [2.05, 4.69) is 22.8 Å². The maximum absolute atomic E-state index is 11.7. The van der Waals surface area contributed by atoms with Crippen LogP contribution in [0.25, 0.3) is 0 Å². The van der Waals surface area contributed by atoms with E-state index in [-0.39, 0.29) is 12.5 Å². The van der Waals surface area contributed by atoms with Crippen LogP contribution < -0.4 is 10.6 Å². The molecule has 0 radical (unpaired) electrons. The number of fused-ring (bicyclic) bond motifs is 2. The Morgan fingerprint density at radius 1 is 0.931 bits per heavy atom. The molecule has 0 unspecified atom stereocenters. The number of amides is 2. The van der Waals surface area contributed by atoms with E-state index in [1.807, 2.05) is 0 Å². The van der Waals surface area contributed by atoms with Crippen molar-refractivity contribution in [3.05, 3.63) is 12.2 Å². The standard InChI is InChI=1S/C22H34N2O5/c25-20(26)9-4-2-1-3-7-16-17(19-13-12-18(16)29-19)8-5-6-14-23-21(27)22(28)24-15-10-11-15/h1,3,15-19H,2,4-14H2,(H,23,27)(H,24,28)(H,25,26)/b3-1-/t16-,17+,18-,19+/m1/s1. The van der Waals surface area contributed by atoms with Crippen molar-refractivity contribution >= 4 is 17.8 Å². The molecule has 162 valence electrons. The predicted octanol–water partition coefficient (Wildman–Crippen LogP) is 2.55. The van der Waals surface area contributed by atoms with Gasteiger partial charge in [0.1, 0.15) is 0 Å². The maximum Gasteiger partial charge on any atom is 0.309 e. The molecule has 3 aliphatic rings. The first-order valence-electron chi connectivity index (χ1n) is 11.2. The average Bonchev–Trinajstić information content (AvgIpc) is 3.28. The molecule has 0 aromatic heterocycles. The van der Waals surface area contributed by atoms with E-state index in [9.17, 15) is 14.4 Å². The fourth-order valence-corrected chi connectivity index (χ4v) is 4.61. The summed E-state index contributed by atoms with van der Waals surface area (Å²) >= 11 is 0. The van der Waals surface area contributed by atoms with Gasteiger partial charge in [-0.15, -0.1) is 0 Å². The molecular formula is C22H34N2O5. The van der Waals surface area contributed by atoms with Crippen LogP contribution in [0.1, 0.15) is 70.6 Å². The third-order valence-corrected chi connectivity index (χ3v) is 6.30. The van der Waals surface area contributed by atoms with Crippen LogP contribution >= 0.6 is 0 Å². The number of hydrogen-bond acceptors (Lipinski definition) is 4. The Morgan fingerprint density at radius 3 is 2.41 bits per heavy atom. The van der Waals surface area contributed by atoms with Crippen molar-refractivity contribution in [2.75, 3.05) is 6.54 Å². The second-order valence-corrected chi connectivity index (χ2v) is 8.61. The van der Waals surface area contributed by atoms with Gasteiger partial charge in [-0.25, -0.2) is 0 Å². The Bertz CT molecular complexity index is 616. The van der Waals surface area contributed by atoms with Crippen LogP contribution in [0, 0.1) is 11.8 Å². The lowest BCUT2D eigenvalue weighted by molar-refractivity contribution is -0.139. The topological polar surface area (TPSA) is 105 Å². The largest absolute Gasteiger partial charge is 0.481 e. The van der Waals surface area contributed by atoms with Crippen molar-refractivity contribution in [2.45, 2.75) is 88.9 Å². The highest BCUT2D eigenvalue weighted by molar-refractivity contribution is 6.35. The highest BCUT2D eigenvalue weighted by Gasteiger charge is 2.47. The fourth-order valence-electron chi connectivity index (χ4n) is 4.61. The van der Waals surface area contributed by atoms with E-state index >= 15 is 0 Å². The van der Waals surface area contributed by atoms with Crippen LogP contribution in [0.5, 0.6) is 0 Å². The van der Waals surface area contributed by atoms with E-state index in [0.29, 0.717) is 37.0 Å². The average molecular weight is 407 g/mol. The lowest BCUT2D eigenvalue weighted by Gasteiger charge is -2.27. The number of rotatable bonds is 12. The molecule has 7 nitrogen and oxygen atoms in total. The van der Waals surface area contributed by atoms with Crippen molar-refractivity contribution in [2.24, 2.45) is 11.8 Å². The number of carbonyl (C=O) groups is 3. The number of carboxylic acids is 1. The first kappa shape index (κ1) is 21.8. The first-order valence-corrected chi connectivity index (χ1v) is 11.2. The number of nitrogens with one attached hydrogen (secondary N) is 2. The Balaban J connectivity index is 1.31. The van der Waals surface area contributed by atoms with Crippen LogP contribution in [-0.2, 0) is 19.1 Å². The molecule has 1 saturated carbocycles. The van der Waals surface area contributed by atoms with Crippen molar-refractivity contribution < 1.29 is 24.2 Å². The molecular weight excluding hydrogens is 372 g/mol. The highest BCUT2D eigenvalue weighted by Crippen LogP contribution is 2.47. The van der Waals surface area contributed by atoms with Crippen molar-refractivity contribution in [1.29, 1.82) is 0 Å². The molecule has 3 N–H and O–H groups in total. The van der Waals surface area contributed by atoms with E-state index < -0.39 is 17.8 Å². The minimum Gasteiger partial charge on any atom is -0.481 e. The molecule has 0 spiro atoms. The maximum atomic E-state index is 11.7. The SMILES string of the molecule is O=C(O)CCC/C=C\C[C@@H]1[C@H](CCCCNC(=O)C(=O)NC2CC2)[C@@H]2CC[C@H]1O2. The molecule has 3 rings (SSSR count). The summed E-state index contributed by atoms with van der Waals surface area (Å²) in [4.78, 5) is 33.9. The summed E-state index contributed by atoms with van der Waals surface area (Å²) in [6.07, 6.45) is 15.0. The molecule has 0 aromatic rings. The molecule has 4 atom stereocenters. The predicted molar refractivity (Wildman–Crippen MR) is 108 cm³/mol. The van der Waals surface area contributed by atoms with Crippen LogP contribution in [0.2, 0.25) is 0 Å². The lowest BCUT2D eigenvalue weighted by Crippen LogP contribution is -2.41. The summed E-state index contributed by atoms with van der Waals surface area (Å²) in [5.74, 6) is -0.662. The molecule has 0 aromatic carbocycles. The molecule has 3 fully saturated rings. The van der Waals surface area contributed by atoms with Gasteiger partial charge >= 0.3 is 17.8 Å². The molecule has 1 aliphatic carbocycles. The molecule has 2 bridgehead atoms. The van der Waals surface area contributed by atoms with Gasteiger partial charge in [-0.05, 0) is 69.6 Å². The van der Waals surface area contributed by atoms with E-state index in [1.54, 1.807) is 0 Å². The number of allylic oxidation sites excluding steroid dienone is 2. The van der Waals surface area contributed by atoms with Gasteiger partial charge in [-0.1, -0.05) is 18.6 Å². The zero-order valence-electron chi connectivity index (χ0n) is 17.1. The first-order chi connectivity index (χ1) is 14.0. The van der Waals surface area contributed by atoms with Crippen molar-refractivity contribution in [1.82, 2.24) is 10.6 Å².